The van der Waals surface area contributed by atoms with Crippen molar-refractivity contribution in [2.24, 2.45) is 0 Å². The number of hydrogen-bond donors (Lipinski definition) is 1. The Morgan fingerprint density at radius 3 is 2.54 bits per heavy atom. The molecular formula is C23H27F3N6O5. The molecule has 0 spiro atoms. The second-order valence-electron chi connectivity index (χ2n) is 8.36. The Morgan fingerprint density at radius 1 is 1.22 bits per heavy atom. The third-order valence-corrected chi connectivity index (χ3v) is 5.61. The SMILES string of the molecule is COC[C@@H](CO[C@@H](C)CC(=O)N1CCN(c2ccc(C#N)cn2)CC1)Oc1cn[nH]c(=O)c1C(F)(F)F. The predicted molar refractivity (Wildman–Crippen MR) is 124 cm³/mol. The van der Waals surface area contributed by atoms with Gasteiger partial charge in [0.1, 0.15) is 18.0 Å². The lowest BCUT2D eigenvalue weighted by atomic mass is 10.2. The number of anilines is 1. The molecule has 0 aliphatic carbocycles. The lowest BCUT2D eigenvalue weighted by Crippen LogP contribution is -2.49. The lowest BCUT2D eigenvalue weighted by molar-refractivity contribution is -0.142. The van der Waals surface area contributed by atoms with Crippen LogP contribution in [0.25, 0.3) is 0 Å². The summed E-state index contributed by atoms with van der Waals surface area (Å²) < 4.78 is 55.9. The highest BCUT2D eigenvalue weighted by molar-refractivity contribution is 5.77. The minimum Gasteiger partial charge on any atom is -0.483 e. The molecule has 14 heteroatoms. The van der Waals surface area contributed by atoms with Crippen LogP contribution in [0.4, 0.5) is 19.0 Å². The second kappa shape index (κ2) is 12.5. The molecule has 1 amide bonds. The second-order valence-corrected chi connectivity index (χ2v) is 8.36. The quantitative estimate of drug-likeness (QED) is 0.492. The van der Waals surface area contributed by atoms with E-state index in [0.717, 1.165) is 12.0 Å². The molecule has 200 valence electrons. The van der Waals surface area contributed by atoms with E-state index in [0.29, 0.717) is 31.7 Å². The van der Waals surface area contributed by atoms with Crippen LogP contribution in [0.1, 0.15) is 24.5 Å². The van der Waals surface area contributed by atoms with E-state index in [-0.39, 0.29) is 25.5 Å². The average molecular weight is 525 g/mol. The van der Waals surface area contributed by atoms with E-state index >= 15 is 0 Å². The van der Waals surface area contributed by atoms with E-state index in [4.69, 9.17) is 19.5 Å². The number of nitrogens with zero attached hydrogens (tertiary/aromatic N) is 5. The van der Waals surface area contributed by atoms with Crippen LogP contribution in [-0.2, 0) is 20.4 Å². The fourth-order valence-corrected chi connectivity index (χ4v) is 3.75. The maximum Gasteiger partial charge on any atom is 0.425 e. The molecule has 3 heterocycles. The molecule has 0 aromatic carbocycles. The number of halogens is 3. The summed E-state index contributed by atoms with van der Waals surface area (Å²) in [7, 11) is 1.34. The van der Waals surface area contributed by atoms with Crippen LogP contribution in [0.3, 0.4) is 0 Å². The molecule has 3 rings (SSSR count). The van der Waals surface area contributed by atoms with E-state index in [1.807, 2.05) is 11.0 Å². The van der Waals surface area contributed by atoms with Crippen LogP contribution >= 0.6 is 0 Å². The molecule has 1 N–H and O–H groups in total. The van der Waals surface area contributed by atoms with Crippen molar-refractivity contribution in [2.45, 2.75) is 31.7 Å². The normalized spacial score (nSPS) is 15.7. The van der Waals surface area contributed by atoms with Gasteiger partial charge in [0.05, 0.1) is 37.5 Å². The largest absolute Gasteiger partial charge is 0.483 e. The maximum absolute atomic E-state index is 13.3. The average Bonchev–Trinajstić information content (AvgIpc) is 2.87. The molecule has 11 nitrogen and oxygen atoms in total. The molecule has 2 aromatic rings. The van der Waals surface area contributed by atoms with E-state index in [9.17, 15) is 22.8 Å². The standard InChI is InChI=1S/C23H27F3N6O5/c1-15(9-20(33)32-7-5-31(6-8-32)19-4-3-16(10-27)11-28-19)36-14-17(13-35-2)37-18-12-29-30-22(34)21(18)23(24,25)26/h3-4,11-12,15,17H,5-9,13-14H2,1-2H3,(H,30,34)/t15-,17-/m0/s1. The van der Waals surface area contributed by atoms with Crippen molar-refractivity contribution in [1.82, 2.24) is 20.1 Å². The van der Waals surface area contributed by atoms with Crippen LogP contribution in [0.2, 0.25) is 0 Å². The number of nitrogens with one attached hydrogen (secondary N) is 1. The minimum absolute atomic E-state index is 0.0647. The van der Waals surface area contributed by atoms with Gasteiger partial charge in [-0.25, -0.2) is 10.1 Å². The van der Waals surface area contributed by atoms with Crippen LogP contribution in [0, 0.1) is 11.3 Å². The fraction of sp³-hybridized carbons (Fsp3) is 0.522. The molecule has 0 unspecified atom stereocenters. The Labute approximate surface area is 210 Å². The van der Waals surface area contributed by atoms with Gasteiger partial charge in [0, 0.05) is 39.5 Å². The number of carbonyl (C=O) groups excluding carboxylic acids is 1. The highest BCUT2D eigenvalue weighted by Crippen LogP contribution is 2.33. The number of alkyl halides is 3. The van der Waals surface area contributed by atoms with Gasteiger partial charge in [0.25, 0.3) is 5.56 Å². The third kappa shape index (κ3) is 7.64. The highest BCUT2D eigenvalue weighted by atomic mass is 19.4. The Morgan fingerprint density at radius 2 is 1.95 bits per heavy atom. The number of piperazine rings is 1. The Hall–Kier alpha value is -3.70. The maximum atomic E-state index is 13.3. The summed E-state index contributed by atoms with van der Waals surface area (Å²) in [6, 6.07) is 5.48. The third-order valence-electron chi connectivity index (χ3n) is 5.61. The summed E-state index contributed by atoms with van der Waals surface area (Å²) in [6.45, 7) is 3.51. The predicted octanol–water partition coefficient (Wildman–Crippen LogP) is 1.59. The molecule has 2 atom stereocenters. The van der Waals surface area contributed by atoms with Crippen molar-refractivity contribution in [2.75, 3.05) is 51.4 Å². The Kier molecular flexibility index (Phi) is 9.42. The summed E-state index contributed by atoms with van der Waals surface area (Å²) in [5.74, 6) is -0.126. The topological polar surface area (TPSA) is 134 Å². The number of carbonyl (C=O) groups is 1. The van der Waals surface area contributed by atoms with Crippen LogP contribution in [0.5, 0.6) is 5.75 Å². The van der Waals surface area contributed by atoms with Gasteiger partial charge in [-0.15, -0.1) is 0 Å². The van der Waals surface area contributed by atoms with Crippen LogP contribution in [0.15, 0.2) is 29.3 Å². The van der Waals surface area contributed by atoms with Crippen molar-refractivity contribution in [3.05, 3.63) is 46.0 Å². The fourth-order valence-electron chi connectivity index (χ4n) is 3.75. The Bertz CT molecular complexity index is 1140. The molecule has 0 saturated carbocycles. The molecule has 1 aliphatic heterocycles. The monoisotopic (exact) mass is 524 g/mol. The van der Waals surface area contributed by atoms with Crippen molar-refractivity contribution in [3.8, 4) is 11.8 Å². The van der Waals surface area contributed by atoms with E-state index in [1.54, 1.807) is 29.1 Å². The van der Waals surface area contributed by atoms with Gasteiger partial charge in [0.2, 0.25) is 5.91 Å². The number of methoxy groups -OCH3 is 1. The zero-order chi connectivity index (χ0) is 27.0. The first-order chi connectivity index (χ1) is 17.6. The van der Waals surface area contributed by atoms with E-state index in [2.05, 4.69) is 10.1 Å². The number of aromatic amines is 1. The lowest BCUT2D eigenvalue weighted by Gasteiger charge is -2.36. The van der Waals surface area contributed by atoms with E-state index in [1.165, 1.54) is 13.3 Å². The van der Waals surface area contributed by atoms with Crippen molar-refractivity contribution >= 4 is 11.7 Å². The summed E-state index contributed by atoms with van der Waals surface area (Å²) >= 11 is 0. The number of amides is 1. The van der Waals surface area contributed by atoms with Crippen molar-refractivity contribution < 1.29 is 32.2 Å². The molecule has 37 heavy (non-hydrogen) atoms. The van der Waals surface area contributed by atoms with Crippen molar-refractivity contribution in [1.29, 1.82) is 5.26 Å². The van der Waals surface area contributed by atoms with Crippen molar-refractivity contribution in [3.63, 3.8) is 0 Å². The van der Waals surface area contributed by atoms with Gasteiger partial charge in [-0.1, -0.05) is 0 Å². The van der Waals surface area contributed by atoms with Gasteiger partial charge < -0.3 is 24.0 Å². The van der Waals surface area contributed by atoms with Gasteiger partial charge in [-0.3, -0.25) is 9.59 Å². The van der Waals surface area contributed by atoms with Gasteiger partial charge in [-0.05, 0) is 19.1 Å². The summed E-state index contributed by atoms with van der Waals surface area (Å²) in [6.07, 6.45) is -4.13. The summed E-state index contributed by atoms with van der Waals surface area (Å²) in [5.41, 5.74) is -2.45. The smallest absolute Gasteiger partial charge is 0.425 e. The first-order valence-electron chi connectivity index (χ1n) is 11.4. The van der Waals surface area contributed by atoms with Gasteiger partial charge in [-0.2, -0.15) is 23.5 Å². The zero-order valence-electron chi connectivity index (χ0n) is 20.3. The number of aromatic nitrogens is 3. The molecule has 0 bridgehead atoms. The molecule has 2 aromatic heterocycles. The molecule has 1 aliphatic rings. The minimum atomic E-state index is -4.94. The molecular weight excluding hydrogens is 497 g/mol. The number of pyridine rings is 1. The summed E-state index contributed by atoms with van der Waals surface area (Å²) in [5, 5.41) is 14.0. The zero-order valence-corrected chi connectivity index (χ0v) is 20.3. The Balaban J connectivity index is 1.50. The number of hydrogen-bond acceptors (Lipinski definition) is 9. The first-order valence-corrected chi connectivity index (χ1v) is 11.4. The van der Waals surface area contributed by atoms with Crippen LogP contribution in [-0.4, -0.2) is 84.7 Å². The number of rotatable bonds is 10. The summed E-state index contributed by atoms with van der Waals surface area (Å²) in [4.78, 5) is 32.4. The van der Waals surface area contributed by atoms with Gasteiger partial charge >= 0.3 is 6.18 Å². The molecule has 1 fully saturated rings. The van der Waals surface area contributed by atoms with Crippen LogP contribution < -0.4 is 15.2 Å². The molecule has 1 saturated heterocycles. The highest BCUT2D eigenvalue weighted by Gasteiger charge is 2.39. The number of H-pyrrole nitrogens is 1. The van der Waals surface area contributed by atoms with Gasteiger partial charge in [0.15, 0.2) is 11.3 Å². The number of ether oxygens (including phenoxy) is 3. The number of nitriles is 1. The van der Waals surface area contributed by atoms with E-state index < -0.39 is 35.3 Å². The first kappa shape index (κ1) is 27.9. The molecule has 0 radical (unpaired) electrons.